The summed E-state index contributed by atoms with van der Waals surface area (Å²) in [6.45, 7) is 4.54. The summed E-state index contributed by atoms with van der Waals surface area (Å²) in [6.07, 6.45) is 7.19. The van der Waals surface area contributed by atoms with Crippen molar-refractivity contribution in [3.8, 4) is 0 Å². The molecule has 1 saturated carbocycles. The smallest absolute Gasteiger partial charge is 0.293 e. The quantitative estimate of drug-likeness (QED) is 0.732. The van der Waals surface area contributed by atoms with E-state index in [-0.39, 0.29) is 12.2 Å². The Morgan fingerprint density at radius 1 is 1.65 bits per heavy atom. The predicted octanol–water partition coefficient (Wildman–Crippen LogP) is 0.563. The summed E-state index contributed by atoms with van der Waals surface area (Å²) in [4.78, 5) is 18.0. The van der Waals surface area contributed by atoms with Crippen molar-refractivity contribution >= 4 is 5.82 Å². The van der Waals surface area contributed by atoms with Gasteiger partial charge in [0.15, 0.2) is 5.82 Å². The van der Waals surface area contributed by atoms with E-state index in [0.717, 1.165) is 12.8 Å². The van der Waals surface area contributed by atoms with Gasteiger partial charge in [-0.1, -0.05) is 6.08 Å². The molecule has 1 fully saturated rings. The second kappa shape index (κ2) is 5.14. The van der Waals surface area contributed by atoms with Crippen molar-refractivity contribution in [2.75, 3.05) is 24.6 Å². The molecule has 1 N–H and O–H groups in total. The van der Waals surface area contributed by atoms with E-state index in [1.807, 2.05) is 0 Å². The van der Waals surface area contributed by atoms with Crippen LogP contribution < -0.4 is 10.5 Å². The third-order valence-corrected chi connectivity index (χ3v) is 2.81. The Balaban J connectivity index is 2.31. The van der Waals surface area contributed by atoms with E-state index in [4.69, 9.17) is 5.11 Å². The maximum Gasteiger partial charge on any atom is 0.293 e. The van der Waals surface area contributed by atoms with Crippen LogP contribution in [0.1, 0.15) is 18.9 Å². The highest BCUT2D eigenvalue weighted by Gasteiger charge is 2.26. The van der Waals surface area contributed by atoms with Crippen molar-refractivity contribution in [3.05, 3.63) is 35.4 Å². The molecular weight excluding hydrogens is 218 g/mol. The number of hydrogen-bond donors (Lipinski definition) is 1. The monoisotopic (exact) mass is 235 g/mol. The highest BCUT2D eigenvalue weighted by Crippen LogP contribution is 2.33. The Kier molecular flexibility index (Phi) is 3.58. The summed E-state index contributed by atoms with van der Waals surface area (Å²) in [5.41, 5.74) is -0.0784. The molecule has 0 atom stereocenters. The van der Waals surface area contributed by atoms with Gasteiger partial charge in [-0.05, 0) is 12.8 Å². The first-order valence-corrected chi connectivity index (χ1v) is 5.81. The minimum atomic E-state index is -0.0784. The second-order valence-electron chi connectivity index (χ2n) is 4.15. The van der Waals surface area contributed by atoms with Gasteiger partial charge in [-0.15, -0.1) is 6.58 Å². The first-order chi connectivity index (χ1) is 8.27. The van der Waals surface area contributed by atoms with E-state index in [2.05, 4.69) is 11.6 Å². The van der Waals surface area contributed by atoms with Crippen LogP contribution in [0.15, 0.2) is 29.8 Å². The van der Waals surface area contributed by atoms with Crippen LogP contribution in [0.5, 0.6) is 0 Å². The van der Waals surface area contributed by atoms with Crippen molar-refractivity contribution in [2.24, 2.45) is 0 Å². The summed E-state index contributed by atoms with van der Waals surface area (Å²) in [6, 6.07) is 0.337. The molecule has 5 nitrogen and oxygen atoms in total. The number of aliphatic hydroxyl groups excluding tert-OH is 1. The molecule has 17 heavy (non-hydrogen) atoms. The number of aromatic nitrogens is 2. The lowest BCUT2D eigenvalue weighted by Gasteiger charge is -2.20. The SMILES string of the molecule is C=CCN(CCO)c1nccn(C2CC2)c1=O. The van der Waals surface area contributed by atoms with Gasteiger partial charge >= 0.3 is 0 Å². The lowest BCUT2D eigenvalue weighted by molar-refractivity contribution is 0.302. The highest BCUT2D eigenvalue weighted by atomic mass is 16.3. The van der Waals surface area contributed by atoms with Crippen molar-refractivity contribution in [3.63, 3.8) is 0 Å². The van der Waals surface area contributed by atoms with Crippen LogP contribution in [0.3, 0.4) is 0 Å². The van der Waals surface area contributed by atoms with E-state index >= 15 is 0 Å². The number of anilines is 1. The Labute approximate surface area is 100 Å². The highest BCUT2D eigenvalue weighted by molar-refractivity contribution is 5.36. The van der Waals surface area contributed by atoms with Gasteiger partial charge in [0.1, 0.15) is 0 Å². The molecule has 0 saturated heterocycles. The van der Waals surface area contributed by atoms with Gasteiger partial charge in [0.05, 0.1) is 6.61 Å². The average molecular weight is 235 g/mol. The van der Waals surface area contributed by atoms with Gasteiger partial charge < -0.3 is 14.6 Å². The largest absolute Gasteiger partial charge is 0.395 e. The first kappa shape index (κ1) is 11.9. The molecule has 0 spiro atoms. The Bertz CT molecular complexity index is 451. The van der Waals surface area contributed by atoms with Gasteiger partial charge in [-0.2, -0.15) is 0 Å². The zero-order valence-electron chi connectivity index (χ0n) is 9.75. The lowest BCUT2D eigenvalue weighted by Crippen LogP contribution is -2.35. The van der Waals surface area contributed by atoms with E-state index in [1.165, 1.54) is 0 Å². The third kappa shape index (κ3) is 2.55. The zero-order valence-corrected chi connectivity index (χ0v) is 9.75. The standard InChI is InChI=1S/C12H17N3O2/c1-2-6-14(8-9-16)11-12(17)15(7-5-13-11)10-3-4-10/h2,5,7,10,16H,1,3-4,6,8-9H2. The topological polar surface area (TPSA) is 58.4 Å². The molecule has 0 unspecified atom stereocenters. The van der Waals surface area contributed by atoms with Crippen LogP contribution in [-0.2, 0) is 0 Å². The Morgan fingerprint density at radius 2 is 2.41 bits per heavy atom. The molecule has 1 aromatic heterocycles. The van der Waals surface area contributed by atoms with Gasteiger partial charge in [0.2, 0.25) is 0 Å². The van der Waals surface area contributed by atoms with E-state index in [9.17, 15) is 4.79 Å². The minimum absolute atomic E-state index is 0.00666. The molecule has 92 valence electrons. The lowest BCUT2D eigenvalue weighted by atomic mass is 10.4. The number of hydrogen-bond acceptors (Lipinski definition) is 4. The summed E-state index contributed by atoms with van der Waals surface area (Å²) >= 11 is 0. The molecule has 0 aliphatic heterocycles. The summed E-state index contributed by atoms with van der Waals surface area (Å²) in [5.74, 6) is 0.397. The molecule has 0 aromatic carbocycles. The maximum atomic E-state index is 12.2. The number of aliphatic hydroxyl groups is 1. The number of nitrogens with zero attached hydrogens (tertiary/aromatic N) is 3. The molecule has 0 amide bonds. The summed E-state index contributed by atoms with van der Waals surface area (Å²) in [5, 5.41) is 8.99. The molecule has 1 aliphatic carbocycles. The van der Waals surface area contributed by atoms with Crippen molar-refractivity contribution < 1.29 is 5.11 Å². The van der Waals surface area contributed by atoms with E-state index in [0.29, 0.717) is 24.9 Å². The molecule has 0 bridgehead atoms. The minimum Gasteiger partial charge on any atom is -0.395 e. The van der Waals surface area contributed by atoms with Crippen LogP contribution in [0, 0.1) is 0 Å². The van der Waals surface area contributed by atoms with Crippen molar-refractivity contribution in [2.45, 2.75) is 18.9 Å². The fourth-order valence-electron chi connectivity index (χ4n) is 1.83. The fourth-order valence-corrected chi connectivity index (χ4v) is 1.83. The number of rotatable bonds is 6. The molecule has 1 aromatic rings. The first-order valence-electron chi connectivity index (χ1n) is 5.81. The van der Waals surface area contributed by atoms with Crippen LogP contribution in [0.25, 0.3) is 0 Å². The Hall–Kier alpha value is -1.62. The van der Waals surface area contributed by atoms with Crippen LogP contribution in [0.2, 0.25) is 0 Å². The fraction of sp³-hybridized carbons (Fsp3) is 0.500. The van der Waals surface area contributed by atoms with Crippen molar-refractivity contribution in [1.82, 2.24) is 9.55 Å². The van der Waals surface area contributed by atoms with E-state index < -0.39 is 0 Å². The summed E-state index contributed by atoms with van der Waals surface area (Å²) < 4.78 is 1.73. The van der Waals surface area contributed by atoms with Gasteiger partial charge in [0.25, 0.3) is 5.56 Å². The van der Waals surface area contributed by atoms with Gasteiger partial charge in [-0.25, -0.2) is 4.98 Å². The third-order valence-electron chi connectivity index (χ3n) is 2.81. The Morgan fingerprint density at radius 3 is 3.00 bits per heavy atom. The normalized spacial score (nSPS) is 14.6. The predicted molar refractivity (Wildman–Crippen MR) is 66.3 cm³/mol. The van der Waals surface area contributed by atoms with Crippen molar-refractivity contribution in [1.29, 1.82) is 0 Å². The van der Waals surface area contributed by atoms with Crippen LogP contribution >= 0.6 is 0 Å². The molecular formula is C12H17N3O2. The molecule has 1 heterocycles. The van der Waals surface area contributed by atoms with Crippen LogP contribution in [-0.4, -0.2) is 34.4 Å². The maximum absolute atomic E-state index is 12.2. The molecule has 2 rings (SSSR count). The molecule has 5 heteroatoms. The molecule has 1 aliphatic rings. The summed E-state index contributed by atoms with van der Waals surface area (Å²) in [7, 11) is 0. The molecule has 0 radical (unpaired) electrons. The zero-order chi connectivity index (χ0) is 12.3. The second-order valence-corrected chi connectivity index (χ2v) is 4.15. The average Bonchev–Trinajstić information content (AvgIpc) is 3.13. The van der Waals surface area contributed by atoms with E-state index in [1.54, 1.807) is 27.9 Å². The van der Waals surface area contributed by atoms with Gasteiger partial charge in [-0.3, -0.25) is 4.79 Å². The van der Waals surface area contributed by atoms with Gasteiger partial charge in [0, 0.05) is 31.5 Å². The van der Waals surface area contributed by atoms with Crippen LogP contribution in [0.4, 0.5) is 5.82 Å².